The lowest BCUT2D eigenvalue weighted by atomic mass is 10.1. The number of methoxy groups -OCH3 is 1. The Morgan fingerprint density at radius 1 is 0.920 bits per heavy atom. The molecule has 0 amide bonds. The van der Waals surface area contributed by atoms with Gasteiger partial charge in [0.15, 0.2) is 0 Å². The van der Waals surface area contributed by atoms with Gasteiger partial charge in [0.1, 0.15) is 24.7 Å². The SMILES string of the molecule is COC(=O)c1ccc(N)c(OCCOc2cccc3ccccc23)c1. The summed E-state index contributed by atoms with van der Waals surface area (Å²) in [6, 6.07) is 18.7. The van der Waals surface area contributed by atoms with E-state index >= 15 is 0 Å². The monoisotopic (exact) mass is 337 g/mol. The number of hydrogen-bond acceptors (Lipinski definition) is 5. The first-order valence-corrected chi connectivity index (χ1v) is 7.90. The Labute approximate surface area is 145 Å². The summed E-state index contributed by atoms with van der Waals surface area (Å²) >= 11 is 0. The van der Waals surface area contributed by atoms with E-state index in [0.29, 0.717) is 30.2 Å². The Bertz CT molecular complexity index is 887. The van der Waals surface area contributed by atoms with Crippen molar-refractivity contribution in [2.45, 2.75) is 0 Å². The molecule has 128 valence electrons. The zero-order chi connectivity index (χ0) is 17.6. The molecule has 0 fully saturated rings. The summed E-state index contributed by atoms with van der Waals surface area (Å²) in [6.07, 6.45) is 0. The van der Waals surface area contributed by atoms with Gasteiger partial charge >= 0.3 is 5.97 Å². The first kappa shape index (κ1) is 16.6. The van der Waals surface area contributed by atoms with Crippen molar-refractivity contribution in [3.8, 4) is 11.5 Å². The number of fused-ring (bicyclic) bond motifs is 1. The summed E-state index contributed by atoms with van der Waals surface area (Å²) in [5, 5.41) is 2.17. The van der Waals surface area contributed by atoms with Crippen LogP contribution in [0.15, 0.2) is 60.7 Å². The van der Waals surface area contributed by atoms with Gasteiger partial charge in [-0.1, -0.05) is 36.4 Å². The van der Waals surface area contributed by atoms with E-state index in [0.717, 1.165) is 16.5 Å². The molecule has 0 spiro atoms. The highest BCUT2D eigenvalue weighted by atomic mass is 16.5. The molecule has 0 saturated carbocycles. The average Bonchev–Trinajstić information content (AvgIpc) is 2.66. The van der Waals surface area contributed by atoms with Gasteiger partial charge in [0.25, 0.3) is 0 Å². The number of carbonyl (C=O) groups is 1. The number of rotatable bonds is 6. The number of benzene rings is 3. The number of ether oxygens (including phenoxy) is 3. The summed E-state index contributed by atoms with van der Waals surface area (Å²) in [5.74, 6) is 0.805. The van der Waals surface area contributed by atoms with Gasteiger partial charge < -0.3 is 19.9 Å². The number of esters is 1. The Morgan fingerprint density at radius 2 is 1.64 bits per heavy atom. The molecule has 0 aliphatic carbocycles. The van der Waals surface area contributed by atoms with Crippen molar-refractivity contribution in [2.24, 2.45) is 0 Å². The molecule has 5 heteroatoms. The molecule has 0 saturated heterocycles. The summed E-state index contributed by atoms with van der Waals surface area (Å²) < 4.78 is 16.2. The van der Waals surface area contributed by atoms with Crippen LogP contribution in [-0.4, -0.2) is 26.3 Å². The van der Waals surface area contributed by atoms with Gasteiger partial charge in [-0.05, 0) is 29.7 Å². The molecule has 0 atom stereocenters. The summed E-state index contributed by atoms with van der Waals surface area (Å²) in [7, 11) is 1.33. The Morgan fingerprint density at radius 3 is 2.44 bits per heavy atom. The Hall–Kier alpha value is -3.21. The highest BCUT2D eigenvalue weighted by Gasteiger charge is 2.09. The quantitative estimate of drug-likeness (QED) is 0.422. The van der Waals surface area contributed by atoms with Gasteiger partial charge in [-0.15, -0.1) is 0 Å². The molecule has 5 nitrogen and oxygen atoms in total. The molecule has 0 aromatic heterocycles. The topological polar surface area (TPSA) is 70.8 Å². The van der Waals surface area contributed by atoms with Gasteiger partial charge in [-0.25, -0.2) is 4.79 Å². The second kappa shape index (κ2) is 7.57. The molecule has 0 aliphatic rings. The highest BCUT2D eigenvalue weighted by molar-refractivity contribution is 5.90. The number of nitrogens with two attached hydrogens (primary N) is 1. The van der Waals surface area contributed by atoms with Gasteiger partial charge in [0.05, 0.1) is 18.4 Å². The molecule has 0 bridgehead atoms. The lowest BCUT2D eigenvalue weighted by Gasteiger charge is -2.12. The summed E-state index contributed by atoms with van der Waals surface area (Å²) in [5.41, 5.74) is 6.73. The van der Waals surface area contributed by atoms with E-state index in [4.69, 9.17) is 19.9 Å². The van der Waals surface area contributed by atoms with E-state index in [9.17, 15) is 4.79 Å². The Balaban J connectivity index is 1.62. The predicted molar refractivity (Wildman–Crippen MR) is 97.1 cm³/mol. The van der Waals surface area contributed by atoms with Crippen molar-refractivity contribution in [3.63, 3.8) is 0 Å². The van der Waals surface area contributed by atoms with Crippen LogP contribution in [-0.2, 0) is 4.74 Å². The highest BCUT2D eigenvalue weighted by Crippen LogP contribution is 2.26. The van der Waals surface area contributed by atoms with Crippen LogP contribution in [0, 0.1) is 0 Å². The molecule has 2 N–H and O–H groups in total. The fourth-order valence-corrected chi connectivity index (χ4v) is 2.53. The van der Waals surface area contributed by atoms with Crippen LogP contribution in [0.4, 0.5) is 5.69 Å². The lowest BCUT2D eigenvalue weighted by Crippen LogP contribution is -2.11. The molecule has 25 heavy (non-hydrogen) atoms. The molecule has 0 radical (unpaired) electrons. The maximum Gasteiger partial charge on any atom is 0.337 e. The number of carbonyl (C=O) groups excluding carboxylic acids is 1. The predicted octanol–water partition coefficient (Wildman–Crippen LogP) is 3.67. The maximum atomic E-state index is 11.6. The maximum absolute atomic E-state index is 11.6. The first-order valence-electron chi connectivity index (χ1n) is 7.90. The minimum Gasteiger partial charge on any atom is -0.489 e. The van der Waals surface area contributed by atoms with E-state index in [1.165, 1.54) is 7.11 Å². The van der Waals surface area contributed by atoms with Gasteiger partial charge in [0, 0.05) is 5.39 Å². The summed E-state index contributed by atoms with van der Waals surface area (Å²) in [4.78, 5) is 11.6. The van der Waals surface area contributed by atoms with Crippen molar-refractivity contribution in [1.29, 1.82) is 0 Å². The van der Waals surface area contributed by atoms with Crippen molar-refractivity contribution in [2.75, 3.05) is 26.1 Å². The summed E-state index contributed by atoms with van der Waals surface area (Å²) in [6.45, 7) is 0.661. The molecule has 0 unspecified atom stereocenters. The molecular formula is C20H19NO4. The van der Waals surface area contributed by atoms with E-state index in [1.807, 2.05) is 42.5 Å². The van der Waals surface area contributed by atoms with Crippen LogP contribution in [0.25, 0.3) is 10.8 Å². The van der Waals surface area contributed by atoms with Crippen LogP contribution >= 0.6 is 0 Å². The van der Waals surface area contributed by atoms with Crippen LogP contribution < -0.4 is 15.2 Å². The van der Waals surface area contributed by atoms with Crippen LogP contribution in [0.5, 0.6) is 11.5 Å². The van der Waals surface area contributed by atoms with Crippen molar-refractivity contribution < 1.29 is 19.0 Å². The zero-order valence-electron chi connectivity index (χ0n) is 13.9. The smallest absolute Gasteiger partial charge is 0.337 e. The van der Waals surface area contributed by atoms with Gasteiger partial charge in [-0.3, -0.25) is 0 Å². The zero-order valence-corrected chi connectivity index (χ0v) is 13.9. The lowest BCUT2D eigenvalue weighted by molar-refractivity contribution is 0.0600. The second-order valence-electron chi connectivity index (χ2n) is 5.42. The van der Waals surface area contributed by atoms with Crippen LogP contribution in [0.3, 0.4) is 0 Å². The van der Waals surface area contributed by atoms with E-state index in [-0.39, 0.29) is 0 Å². The fourth-order valence-electron chi connectivity index (χ4n) is 2.53. The van der Waals surface area contributed by atoms with Crippen LogP contribution in [0.2, 0.25) is 0 Å². The first-order chi connectivity index (χ1) is 12.2. The normalized spacial score (nSPS) is 10.4. The third-order valence-electron chi connectivity index (χ3n) is 3.78. The minimum atomic E-state index is -0.433. The molecule has 0 heterocycles. The van der Waals surface area contributed by atoms with Crippen molar-refractivity contribution in [3.05, 3.63) is 66.2 Å². The number of hydrogen-bond donors (Lipinski definition) is 1. The fraction of sp³-hybridized carbons (Fsp3) is 0.150. The van der Waals surface area contributed by atoms with Gasteiger partial charge in [-0.2, -0.15) is 0 Å². The third-order valence-corrected chi connectivity index (χ3v) is 3.78. The van der Waals surface area contributed by atoms with E-state index < -0.39 is 5.97 Å². The third kappa shape index (κ3) is 3.83. The van der Waals surface area contributed by atoms with Gasteiger partial charge in [0.2, 0.25) is 0 Å². The average molecular weight is 337 g/mol. The number of anilines is 1. The number of nitrogen functional groups attached to an aromatic ring is 1. The largest absolute Gasteiger partial charge is 0.489 e. The molecule has 3 rings (SSSR count). The van der Waals surface area contributed by atoms with E-state index in [2.05, 4.69) is 0 Å². The van der Waals surface area contributed by atoms with E-state index in [1.54, 1.807) is 18.2 Å². The molecule has 3 aromatic carbocycles. The standard InChI is InChI=1S/C20H19NO4/c1-23-20(22)15-9-10-17(21)19(13-15)25-12-11-24-18-8-4-6-14-5-2-3-7-16(14)18/h2-10,13H,11-12,21H2,1H3. The second-order valence-corrected chi connectivity index (χ2v) is 5.42. The molecule has 0 aliphatic heterocycles. The molecular weight excluding hydrogens is 318 g/mol. The minimum absolute atomic E-state index is 0.304. The molecule has 3 aromatic rings. The van der Waals surface area contributed by atoms with Crippen LogP contribution in [0.1, 0.15) is 10.4 Å². The Kier molecular flexibility index (Phi) is 5.04. The van der Waals surface area contributed by atoms with Crippen molar-refractivity contribution in [1.82, 2.24) is 0 Å². The van der Waals surface area contributed by atoms with Crippen molar-refractivity contribution >= 4 is 22.4 Å².